The van der Waals surface area contributed by atoms with E-state index in [-0.39, 0.29) is 0 Å². The minimum atomic E-state index is -0.412. The van der Waals surface area contributed by atoms with Gasteiger partial charge in [-0.1, -0.05) is 0 Å². The molecule has 3 heteroatoms. The molecule has 0 atom stereocenters. The van der Waals surface area contributed by atoms with Crippen molar-refractivity contribution in [1.82, 2.24) is 0 Å². The summed E-state index contributed by atoms with van der Waals surface area (Å²) in [6.07, 6.45) is 2.87. The molecule has 17 heavy (non-hydrogen) atoms. The Kier molecular flexibility index (Phi) is 2.97. The highest BCUT2D eigenvalue weighted by atomic mass is 16.5. The fraction of sp³-hybridized carbons (Fsp3) is 0.500. The highest BCUT2D eigenvalue weighted by Gasteiger charge is 2.43. The van der Waals surface area contributed by atoms with Gasteiger partial charge in [-0.2, -0.15) is 5.26 Å². The van der Waals surface area contributed by atoms with Crippen LogP contribution >= 0.6 is 0 Å². The average molecular weight is 231 g/mol. The monoisotopic (exact) mass is 231 g/mol. The first-order chi connectivity index (χ1) is 8.16. The van der Waals surface area contributed by atoms with Gasteiger partial charge in [0.25, 0.3) is 0 Å². The lowest BCUT2D eigenvalue weighted by Gasteiger charge is -2.37. The molecule has 1 saturated carbocycles. The molecule has 2 rings (SSSR count). The van der Waals surface area contributed by atoms with Crippen LogP contribution in [0, 0.1) is 18.3 Å². The van der Waals surface area contributed by atoms with Gasteiger partial charge in [0.15, 0.2) is 0 Å². The van der Waals surface area contributed by atoms with E-state index in [1.165, 1.54) is 0 Å². The second kappa shape index (κ2) is 4.29. The largest absolute Gasteiger partial charge is 0.496 e. The average Bonchev–Trinajstić information content (AvgIpc) is 2.29. The third-order valence-corrected chi connectivity index (χ3v) is 3.55. The highest BCUT2D eigenvalue weighted by Crippen LogP contribution is 2.50. The molecule has 1 aliphatic carbocycles. The smallest absolute Gasteiger partial charge is 0.127 e. The lowest BCUT2D eigenvalue weighted by atomic mass is 9.65. The fourth-order valence-electron chi connectivity index (χ4n) is 2.46. The van der Waals surface area contributed by atoms with Crippen molar-refractivity contribution in [2.75, 3.05) is 14.2 Å². The molecule has 0 unspecified atom stereocenters. The van der Waals surface area contributed by atoms with E-state index in [2.05, 4.69) is 6.07 Å². The first kappa shape index (κ1) is 11.8. The van der Waals surface area contributed by atoms with Crippen LogP contribution < -0.4 is 9.47 Å². The summed E-state index contributed by atoms with van der Waals surface area (Å²) in [4.78, 5) is 0. The maximum Gasteiger partial charge on any atom is 0.127 e. The number of hydrogen-bond donors (Lipinski definition) is 0. The van der Waals surface area contributed by atoms with Crippen molar-refractivity contribution in [3.63, 3.8) is 0 Å². The van der Waals surface area contributed by atoms with E-state index in [4.69, 9.17) is 9.47 Å². The minimum Gasteiger partial charge on any atom is -0.496 e. The van der Waals surface area contributed by atoms with E-state index in [1.54, 1.807) is 14.2 Å². The maximum absolute atomic E-state index is 9.44. The normalized spacial score (nSPS) is 16.8. The Labute approximate surface area is 102 Å². The Morgan fingerprint density at radius 1 is 1.18 bits per heavy atom. The summed E-state index contributed by atoms with van der Waals surface area (Å²) in [7, 11) is 3.28. The fourth-order valence-corrected chi connectivity index (χ4v) is 2.46. The Morgan fingerprint density at radius 3 is 2.00 bits per heavy atom. The third-order valence-electron chi connectivity index (χ3n) is 3.55. The number of aryl methyl sites for hydroxylation is 1. The zero-order valence-corrected chi connectivity index (χ0v) is 10.5. The summed E-state index contributed by atoms with van der Waals surface area (Å²) in [6, 6.07) is 6.38. The molecule has 0 bridgehead atoms. The third kappa shape index (κ3) is 1.74. The summed E-state index contributed by atoms with van der Waals surface area (Å²) in [6.45, 7) is 1.99. The Hall–Kier alpha value is -1.69. The number of methoxy groups -OCH3 is 2. The molecule has 0 N–H and O–H groups in total. The molecule has 0 aliphatic heterocycles. The molecule has 1 aliphatic rings. The first-order valence-electron chi connectivity index (χ1n) is 5.81. The molecule has 1 aromatic rings. The lowest BCUT2D eigenvalue weighted by Crippen LogP contribution is -2.33. The highest BCUT2D eigenvalue weighted by molar-refractivity contribution is 5.55. The van der Waals surface area contributed by atoms with Crippen molar-refractivity contribution in [3.8, 4) is 17.6 Å². The van der Waals surface area contributed by atoms with Gasteiger partial charge in [0.2, 0.25) is 0 Å². The van der Waals surface area contributed by atoms with Crippen molar-refractivity contribution in [1.29, 1.82) is 5.26 Å². The zero-order valence-electron chi connectivity index (χ0n) is 10.5. The molecule has 0 amide bonds. The molecule has 0 radical (unpaired) electrons. The molecule has 0 aromatic heterocycles. The Bertz CT molecular complexity index is 445. The summed E-state index contributed by atoms with van der Waals surface area (Å²) < 4.78 is 10.8. The number of hydrogen-bond acceptors (Lipinski definition) is 3. The van der Waals surface area contributed by atoms with Crippen LogP contribution in [0.4, 0.5) is 0 Å². The van der Waals surface area contributed by atoms with Crippen molar-refractivity contribution < 1.29 is 9.47 Å². The van der Waals surface area contributed by atoms with Crippen LogP contribution in [-0.2, 0) is 5.41 Å². The van der Waals surface area contributed by atoms with Gasteiger partial charge in [0.05, 0.1) is 31.3 Å². The van der Waals surface area contributed by atoms with Crippen LogP contribution in [0.15, 0.2) is 12.1 Å². The maximum atomic E-state index is 9.44. The van der Waals surface area contributed by atoms with E-state index in [0.29, 0.717) is 0 Å². The molecule has 1 aromatic carbocycles. The van der Waals surface area contributed by atoms with E-state index in [9.17, 15) is 5.26 Å². The van der Waals surface area contributed by atoms with Crippen LogP contribution in [0.2, 0.25) is 0 Å². The number of benzene rings is 1. The Balaban J connectivity index is 2.62. The predicted molar refractivity (Wildman–Crippen MR) is 65.4 cm³/mol. The van der Waals surface area contributed by atoms with Crippen LogP contribution in [0.25, 0.3) is 0 Å². The molecular weight excluding hydrogens is 214 g/mol. The molecule has 1 fully saturated rings. The van der Waals surface area contributed by atoms with Crippen LogP contribution in [-0.4, -0.2) is 14.2 Å². The number of ether oxygens (including phenoxy) is 2. The van der Waals surface area contributed by atoms with Gasteiger partial charge < -0.3 is 9.47 Å². The van der Waals surface area contributed by atoms with Gasteiger partial charge in [-0.05, 0) is 43.9 Å². The van der Waals surface area contributed by atoms with Crippen LogP contribution in [0.1, 0.15) is 30.4 Å². The number of rotatable bonds is 3. The van der Waals surface area contributed by atoms with E-state index in [1.807, 2.05) is 19.1 Å². The Morgan fingerprint density at radius 2 is 1.71 bits per heavy atom. The minimum absolute atomic E-state index is 0.412. The standard InChI is InChI=1S/C14H17NO2/c1-10-7-11(16-2)13(12(8-10)17-3)14(9-15)5-4-6-14/h7-8H,4-6H2,1-3H3. The summed E-state index contributed by atoms with van der Waals surface area (Å²) in [5, 5.41) is 9.44. The second-order valence-corrected chi connectivity index (χ2v) is 4.59. The van der Waals surface area contributed by atoms with Crippen molar-refractivity contribution >= 4 is 0 Å². The van der Waals surface area contributed by atoms with Gasteiger partial charge >= 0.3 is 0 Å². The van der Waals surface area contributed by atoms with Crippen LogP contribution in [0.5, 0.6) is 11.5 Å². The van der Waals surface area contributed by atoms with E-state index < -0.39 is 5.41 Å². The summed E-state index contributed by atoms with van der Waals surface area (Å²) in [5.74, 6) is 1.53. The van der Waals surface area contributed by atoms with Gasteiger partial charge in [-0.25, -0.2) is 0 Å². The lowest BCUT2D eigenvalue weighted by molar-refractivity contribution is 0.290. The summed E-state index contributed by atoms with van der Waals surface area (Å²) >= 11 is 0. The van der Waals surface area contributed by atoms with Crippen molar-refractivity contribution in [3.05, 3.63) is 23.3 Å². The van der Waals surface area contributed by atoms with Gasteiger partial charge in [0.1, 0.15) is 11.5 Å². The molecular formula is C14H17NO2. The second-order valence-electron chi connectivity index (χ2n) is 4.59. The number of nitriles is 1. The number of nitrogens with zero attached hydrogens (tertiary/aromatic N) is 1. The van der Waals surface area contributed by atoms with E-state index >= 15 is 0 Å². The quantitative estimate of drug-likeness (QED) is 0.803. The zero-order chi connectivity index (χ0) is 12.5. The SMILES string of the molecule is COc1cc(C)cc(OC)c1C1(C#N)CCC1. The van der Waals surface area contributed by atoms with E-state index in [0.717, 1.165) is 41.9 Å². The molecule has 90 valence electrons. The molecule has 0 saturated heterocycles. The molecule has 0 heterocycles. The molecule has 0 spiro atoms. The van der Waals surface area contributed by atoms with Gasteiger partial charge in [-0.15, -0.1) is 0 Å². The van der Waals surface area contributed by atoms with Crippen molar-refractivity contribution in [2.45, 2.75) is 31.6 Å². The summed E-state index contributed by atoms with van der Waals surface area (Å²) in [5.41, 5.74) is 1.58. The van der Waals surface area contributed by atoms with Crippen molar-refractivity contribution in [2.24, 2.45) is 0 Å². The topological polar surface area (TPSA) is 42.2 Å². The van der Waals surface area contributed by atoms with Gasteiger partial charge in [-0.3, -0.25) is 0 Å². The predicted octanol–water partition coefficient (Wildman–Crippen LogP) is 2.96. The van der Waals surface area contributed by atoms with Gasteiger partial charge in [0, 0.05) is 0 Å². The van der Waals surface area contributed by atoms with Crippen LogP contribution in [0.3, 0.4) is 0 Å². The molecule has 3 nitrogen and oxygen atoms in total. The first-order valence-corrected chi connectivity index (χ1v) is 5.81.